The van der Waals surface area contributed by atoms with Gasteiger partial charge in [-0.15, -0.1) is 0 Å². The Morgan fingerprint density at radius 1 is 0.925 bits per heavy atom. The van der Waals surface area contributed by atoms with Gasteiger partial charge in [0.2, 0.25) is 17.7 Å². The maximum Gasteiger partial charge on any atom is 0.245 e. The Kier molecular flexibility index (Phi) is 7.61. The zero-order valence-electron chi connectivity index (χ0n) is 23.1. The summed E-state index contributed by atoms with van der Waals surface area (Å²) in [5.41, 5.74) is 3.48. The van der Waals surface area contributed by atoms with Crippen molar-refractivity contribution in [3.8, 4) is 0 Å². The fourth-order valence-electron chi connectivity index (χ4n) is 7.13. The maximum atomic E-state index is 14.2. The smallest absolute Gasteiger partial charge is 0.245 e. The Morgan fingerprint density at radius 3 is 2.62 bits per heavy atom. The third kappa shape index (κ3) is 5.63. The third-order valence-corrected chi connectivity index (χ3v) is 8.98. The quantitative estimate of drug-likeness (QED) is 0.473. The van der Waals surface area contributed by atoms with Gasteiger partial charge in [0.05, 0.1) is 0 Å². The van der Waals surface area contributed by atoms with Crippen molar-refractivity contribution in [3.63, 3.8) is 0 Å². The number of carbonyl (C=O) groups is 3. The monoisotopic (exact) mass is 541 g/mol. The number of fused-ring (bicyclic) bond motifs is 5. The van der Waals surface area contributed by atoms with Gasteiger partial charge in [-0.05, 0) is 61.3 Å². The van der Waals surface area contributed by atoms with Crippen LogP contribution in [0.1, 0.15) is 43.7 Å². The van der Waals surface area contributed by atoms with Gasteiger partial charge in [0, 0.05) is 62.2 Å². The molecule has 3 aliphatic rings. The molecule has 0 aliphatic carbocycles. The fourth-order valence-corrected chi connectivity index (χ4v) is 7.13. The van der Waals surface area contributed by atoms with Crippen LogP contribution in [-0.2, 0) is 27.3 Å². The molecule has 40 heavy (non-hydrogen) atoms. The van der Waals surface area contributed by atoms with Crippen molar-refractivity contribution >= 4 is 28.6 Å². The SMILES string of the molecule is C[C@H]1NC(=O)CCC[C@H]2[C@@H]3C[C@@H](CN(Cc4cccc5[nH]ccc45)C3)CN2C(=O)[C@H](Cc2ccccc2)NC1=O. The summed E-state index contributed by atoms with van der Waals surface area (Å²) in [4.78, 5) is 47.9. The van der Waals surface area contributed by atoms with Crippen molar-refractivity contribution in [2.24, 2.45) is 11.8 Å². The zero-order valence-corrected chi connectivity index (χ0v) is 23.1. The number of aromatic amines is 1. The lowest BCUT2D eigenvalue weighted by molar-refractivity contribution is -0.146. The molecule has 2 bridgehead atoms. The van der Waals surface area contributed by atoms with Crippen LogP contribution in [0.4, 0.5) is 0 Å². The number of likely N-dealkylation sites (tertiary alicyclic amines) is 1. The van der Waals surface area contributed by atoms with E-state index in [9.17, 15) is 14.4 Å². The highest BCUT2D eigenvalue weighted by molar-refractivity contribution is 5.92. The molecule has 210 valence electrons. The van der Waals surface area contributed by atoms with Crippen LogP contribution in [0.2, 0.25) is 0 Å². The van der Waals surface area contributed by atoms with Crippen molar-refractivity contribution in [2.75, 3.05) is 19.6 Å². The lowest BCUT2D eigenvalue weighted by Gasteiger charge is -2.51. The fraction of sp³-hybridized carbons (Fsp3) is 0.469. The van der Waals surface area contributed by atoms with Crippen molar-refractivity contribution in [2.45, 2.75) is 63.7 Å². The normalized spacial score (nSPS) is 28.3. The molecule has 3 aliphatic heterocycles. The first kappa shape index (κ1) is 26.6. The average molecular weight is 542 g/mol. The summed E-state index contributed by atoms with van der Waals surface area (Å²) < 4.78 is 0. The number of carbonyl (C=O) groups excluding carboxylic acids is 3. The lowest BCUT2D eigenvalue weighted by Crippen LogP contribution is -2.63. The van der Waals surface area contributed by atoms with Gasteiger partial charge in [-0.1, -0.05) is 42.5 Å². The second-order valence-electron chi connectivity index (χ2n) is 11.9. The van der Waals surface area contributed by atoms with Gasteiger partial charge in [0.15, 0.2) is 0 Å². The Labute approximate surface area is 235 Å². The summed E-state index contributed by atoms with van der Waals surface area (Å²) in [5, 5.41) is 7.09. The maximum absolute atomic E-state index is 14.2. The first-order valence-electron chi connectivity index (χ1n) is 14.7. The largest absolute Gasteiger partial charge is 0.361 e. The highest BCUT2D eigenvalue weighted by atomic mass is 16.2. The number of rotatable bonds is 4. The second kappa shape index (κ2) is 11.5. The number of amides is 3. The van der Waals surface area contributed by atoms with Crippen LogP contribution in [-0.4, -0.2) is 70.3 Å². The lowest BCUT2D eigenvalue weighted by atomic mass is 9.77. The third-order valence-electron chi connectivity index (χ3n) is 8.98. The van der Waals surface area contributed by atoms with E-state index < -0.39 is 12.1 Å². The van der Waals surface area contributed by atoms with Crippen LogP contribution in [0.25, 0.3) is 10.9 Å². The molecule has 0 unspecified atom stereocenters. The van der Waals surface area contributed by atoms with E-state index in [-0.39, 0.29) is 23.8 Å². The molecule has 5 atom stereocenters. The number of aromatic nitrogens is 1. The van der Waals surface area contributed by atoms with Gasteiger partial charge in [-0.3, -0.25) is 19.3 Å². The van der Waals surface area contributed by atoms with E-state index >= 15 is 0 Å². The van der Waals surface area contributed by atoms with Crippen LogP contribution in [0.5, 0.6) is 0 Å². The van der Waals surface area contributed by atoms with E-state index in [1.807, 2.05) is 36.5 Å². The van der Waals surface area contributed by atoms with E-state index in [1.54, 1.807) is 6.92 Å². The number of hydrogen-bond acceptors (Lipinski definition) is 4. The van der Waals surface area contributed by atoms with Crippen molar-refractivity contribution < 1.29 is 14.4 Å². The minimum atomic E-state index is -0.687. The number of piperidine rings is 2. The molecular weight excluding hydrogens is 502 g/mol. The molecule has 4 heterocycles. The molecule has 3 fully saturated rings. The van der Waals surface area contributed by atoms with Crippen molar-refractivity contribution in [3.05, 3.63) is 71.9 Å². The summed E-state index contributed by atoms with van der Waals surface area (Å²) in [6.45, 7) is 5.12. The minimum Gasteiger partial charge on any atom is -0.361 e. The van der Waals surface area contributed by atoms with Crippen LogP contribution in [0.15, 0.2) is 60.8 Å². The second-order valence-corrected chi connectivity index (χ2v) is 11.9. The molecule has 0 radical (unpaired) electrons. The van der Waals surface area contributed by atoms with E-state index in [2.05, 4.69) is 49.7 Å². The molecule has 8 heteroatoms. The number of hydrogen-bond donors (Lipinski definition) is 3. The predicted molar refractivity (Wildman–Crippen MR) is 154 cm³/mol. The van der Waals surface area contributed by atoms with Crippen LogP contribution < -0.4 is 10.6 Å². The average Bonchev–Trinajstić information content (AvgIpc) is 3.43. The van der Waals surface area contributed by atoms with Gasteiger partial charge in [0.25, 0.3) is 0 Å². The van der Waals surface area contributed by atoms with Crippen LogP contribution >= 0.6 is 0 Å². The summed E-state index contributed by atoms with van der Waals surface area (Å²) in [6, 6.07) is 17.1. The summed E-state index contributed by atoms with van der Waals surface area (Å²) in [7, 11) is 0. The highest BCUT2D eigenvalue weighted by Gasteiger charge is 2.44. The topological polar surface area (TPSA) is 97.5 Å². The molecule has 3 saturated heterocycles. The standard InChI is InChI=1S/C32H39N5O3/c1-21-31(39)35-28(16-22-7-3-2-4-8-22)32(40)37-18-23-15-25(29(37)11-6-12-30(38)34-21)20-36(17-23)19-24-9-5-10-27-26(24)13-14-33-27/h2-5,7-10,13-14,21,23,25,28-29,33H,6,11-12,15-20H2,1H3,(H,34,38)(H,35,39)/t21-,23+,25-,28+,29+/m1/s1. The highest BCUT2D eigenvalue weighted by Crippen LogP contribution is 2.37. The first-order valence-corrected chi connectivity index (χ1v) is 14.7. The van der Waals surface area contributed by atoms with E-state index in [4.69, 9.17) is 0 Å². The molecule has 3 aromatic rings. The van der Waals surface area contributed by atoms with Gasteiger partial charge in [0.1, 0.15) is 12.1 Å². The molecule has 1 aromatic heterocycles. The Balaban J connectivity index is 1.25. The number of benzene rings is 2. The molecule has 2 aromatic carbocycles. The summed E-state index contributed by atoms with van der Waals surface area (Å²) in [5.74, 6) is 0.287. The number of H-pyrrole nitrogens is 1. The Bertz CT molecular complexity index is 1370. The van der Waals surface area contributed by atoms with E-state index in [0.717, 1.165) is 43.6 Å². The molecule has 6 rings (SSSR count). The van der Waals surface area contributed by atoms with Gasteiger partial charge in [-0.2, -0.15) is 0 Å². The Hall–Kier alpha value is -3.65. The first-order chi connectivity index (χ1) is 19.4. The summed E-state index contributed by atoms with van der Waals surface area (Å²) >= 11 is 0. The van der Waals surface area contributed by atoms with Gasteiger partial charge in [-0.25, -0.2) is 0 Å². The minimum absolute atomic E-state index is 0.00143. The predicted octanol–water partition coefficient (Wildman–Crippen LogP) is 3.23. The van der Waals surface area contributed by atoms with E-state index in [0.29, 0.717) is 37.6 Å². The molecule has 8 nitrogen and oxygen atoms in total. The molecule has 0 spiro atoms. The van der Waals surface area contributed by atoms with Crippen LogP contribution in [0.3, 0.4) is 0 Å². The van der Waals surface area contributed by atoms with Gasteiger partial charge >= 0.3 is 0 Å². The van der Waals surface area contributed by atoms with E-state index in [1.165, 1.54) is 10.9 Å². The molecule has 0 saturated carbocycles. The molecular formula is C32H39N5O3. The number of nitrogens with zero attached hydrogens (tertiary/aromatic N) is 2. The van der Waals surface area contributed by atoms with Gasteiger partial charge < -0.3 is 20.5 Å². The van der Waals surface area contributed by atoms with Crippen molar-refractivity contribution in [1.29, 1.82) is 0 Å². The Morgan fingerprint density at radius 2 is 1.77 bits per heavy atom. The molecule has 3 N–H and O–H groups in total. The van der Waals surface area contributed by atoms with Crippen LogP contribution in [0, 0.1) is 11.8 Å². The zero-order chi connectivity index (χ0) is 27.6. The van der Waals surface area contributed by atoms with Crippen molar-refractivity contribution in [1.82, 2.24) is 25.4 Å². The summed E-state index contributed by atoms with van der Waals surface area (Å²) in [6.07, 6.45) is 5.36. The number of nitrogens with one attached hydrogen (secondary N) is 3. The molecule has 3 amide bonds.